The summed E-state index contributed by atoms with van der Waals surface area (Å²) >= 11 is 0. The first-order valence-electron chi connectivity index (χ1n) is 8.00. The van der Waals surface area contributed by atoms with Crippen molar-refractivity contribution in [1.29, 1.82) is 5.26 Å². The van der Waals surface area contributed by atoms with Crippen molar-refractivity contribution in [1.82, 2.24) is 4.31 Å². The maximum Gasteiger partial charge on any atom is 0.216 e. The van der Waals surface area contributed by atoms with Crippen LogP contribution in [-0.4, -0.2) is 43.8 Å². The van der Waals surface area contributed by atoms with Gasteiger partial charge in [0.05, 0.1) is 18.4 Å². The standard InChI is InChI=1S/C15H26N2O3S/c1-14-6-5-9-17(12-14)21(18,19)11-10-20-15(13-16)7-3-2-4-8-15/h14H,2-12H2,1H3. The molecule has 2 aliphatic rings. The Morgan fingerprint density at radius 3 is 2.62 bits per heavy atom. The van der Waals surface area contributed by atoms with Crippen LogP contribution in [0.5, 0.6) is 0 Å². The molecular weight excluding hydrogens is 288 g/mol. The van der Waals surface area contributed by atoms with E-state index in [1.165, 1.54) is 0 Å². The molecule has 0 amide bonds. The summed E-state index contributed by atoms with van der Waals surface area (Å²) in [6, 6.07) is 2.26. The van der Waals surface area contributed by atoms with Crippen molar-refractivity contribution in [2.45, 2.75) is 57.5 Å². The molecule has 0 aromatic carbocycles. The lowest BCUT2D eigenvalue weighted by Crippen LogP contribution is -2.42. The minimum atomic E-state index is -3.25. The zero-order valence-electron chi connectivity index (χ0n) is 12.9. The van der Waals surface area contributed by atoms with Gasteiger partial charge in [-0.05, 0) is 44.4 Å². The highest BCUT2D eigenvalue weighted by molar-refractivity contribution is 7.89. The van der Waals surface area contributed by atoms with Gasteiger partial charge in [0.2, 0.25) is 10.0 Å². The molecule has 1 atom stereocenters. The number of sulfonamides is 1. The van der Waals surface area contributed by atoms with Crippen LogP contribution < -0.4 is 0 Å². The molecule has 1 unspecified atom stereocenters. The van der Waals surface area contributed by atoms with Crippen LogP contribution in [0.2, 0.25) is 0 Å². The second-order valence-corrected chi connectivity index (χ2v) is 8.53. The highest BCUT2D eigenvalue weighted by atomic mass is 32.2. The molecule has 2 rings (SSSR count). The molecule has 120 valence electrons. The van der Waals surface area contributed by atoms with Crippen molar-refractivity contribution in [2.24, 2.45) is 5.92 Å². The van der Waals surface area contributed by atoms with Gasteiger partial charge in [0.15, 0.2) is 5.60 Å². The van der Waals surface area contributed by atoms with Crippen molar-refractivity contribution in [2.75, 3.05) is 25.4 Å². The number of nitrogens with zero attached hydrogens (tertiary/aromatic N) is 2. The molecule has 1 saturated heterocycles. The lowest BCUT2D eigenvalue weighted by atomic mass is 9.86. The van der Waals surface area contributed by atoms with Crippen LogP contribution in [0.1, 0.15) is 51.9 Å². The van der Waals surface area contributed by atoms with Crippen LogP contribution in [0.4, 0.5) is 0 Å². The zero-order valence-corrected chi connectivity index (χ0v) is 13.7. The average molecular weight is 314 g/mol. The molecule has 5 nitrogen and oxygen atoms in total. The lowest BCUT2D eigenvalue weighted by molar-refractivity contribution is -0.0199. The summed E-state index contributed by atoms with van der Waals surface area (Å²) < 4.78 is 32.0. The summed E-state index contributed by atoms with van der Waals surface area (Å²) in [6.45, 7) is 3.45. The molecule has 0 N–H and O–H groups in total. The Morgan fingerprint density at radius 1 is 1.29 bits per heavy atom. The Labute approximate surface area is 128 Å². The molecular formula is C15H26N2O3S. The van der Waals surface area contributed by atoms with Crippen molar-refractivity contribution in [3.05, 3.63) is 0 Å². The molecule has 1 aliphatic heterocycles. The van der Waals surface area contributed by atoms with Crippen LogP contribution in [0, 0.1) is 17.2 Å². The minimum Gasteiger partial charge on any atom is -0.359 e. The van der Waals surface area contributed by atoms with E-state index in [1.54, 1.807) is 4.31 Å². The van der Waals surface area contributed by atoms with Crippen LogP contribution in [0.3, 0.4) is 0 Å². The van der Waals surface area contributed by atoms with Gasteiger partial charge in [0.25, 0.3) is 0 Å². The monoisotopic (exact) mass is 314 g/mol. The van der Waals surface area contributed by atoms with Gasteiger partial charge in [-0.2, -0.15) is 5.26 Å². The number of nitriles is 1. The third-order valence-electron chi connectivity index (χ3n) is 4.60. The third-order valence-corrected chi connectivity index (χ3v) is 6.40. The number of piperidine rings is 1. The quantitative estimate of drug-likeness (QED) is 0.780. The second kappa shape index (κ2) is 7.08. The van der Waals surface area contributed by atoms with Gasteiger partial charge in [0.1, 0.15) is 0 Å². The summed E-state index contributed by atoms with van der Waals surface area (Å²) in [5.74, 6) is 0.418. The predicted octanol–water partition coefficient (Wildman–Crippen LogP) is 2.29. The van der Waals surface area contributed by atoms with E-state index in [0.29, 0.717) is 19.0 Å². The number of ether oxygens (including phenoxy) is 1. The Kier molecular flexibility index (Phi) is 5.64. The molecule has 0 radical (unpaired) electrons. The fourth-order valence-corrected chi connectivity index (χ4v) is 4.72. The fraction of sp³-hybridized carbons (Fsp3) is 0.933. The van der Waals surface area contributed by atoms with E-state index >= 15 is 0 Å². The summed E-state index contributed by atoms with van der Waals surface area (Å²) in [4.78, 5) is 0. The van der Waals surface area contributed by atoms with Crippen LogP contribution in [0.15, 0.2) is 0 Å². The Morgan fingerprint density at radius 2 is 2.00 bits per heavy atom. The highest BCUT2D eigenvalue weighted by Gasteiger charge is 2.34. The van der Waals surface area contributed by atoms with Gasteiger partial charge in [-0.25, -0.2) is 12.7 Å². The molecule has 0 aromatic rings. The molecule has 0 bridgehead atoms. The van der Waals surface area contributed by atoms with E-state index < -0.39 is 15.6 Å². The van der Waals surface area contributed by atoms with Gasteiger partial charge in [-0.15, -0.1) is 0 Å². The van der Waals surface area contributed by atoms with Crippen LogP contribution in [-0.2, 0) is 14.8 Å². The predicted molar refractivity (Wildman–Crippen MR) is 81.1 cm³/mol. The fourth-order valence-electron chi connectivity index (χ4n) is 3.28. The summed E-state index contributed by atoms with van der Waals surface area (Å²) in [5.41, 5.74) is -0.747. The van der Waals surface area contributed by atoms with Gasteiger partial charge in [-0.1, -0.05) is 13.3 Å². The van der Waals surface area contributed by atoms with Crippen LogP contribution >= 0.6 is 0 Å². The maximum atomic E-state index is 12.3. The van der Waals surface area contributed by atoms with Gasteiger partial charge in [0, 0.05) is 13.1 Å². The van der Waals surface area contributed by atoms with Crippen molar-refractivity contribution >= 4 is 10.0 Å². The Hall–Kier alpha value is -0.640. The van der Waals surface area contributed by atoms with Gasteiger partial charge >= 0.3 is 0 Å². The first-order valence-corrected chi connectivity index (χ1v) is 9.61. The molecule has 1 saturated carbocycles. The first-order chi connectivity index (χ1) is 9.97. The third kappa shape index (κ3) is 4.41. The largest absolute Gasteiger partial charge is 0.359 e. The maximum absolute atomic E-state index is 12.3. The molecule has 2 fully saturated rings. The van der Waals surface area contributed by atoms with E-state index in [1.807, 2.05) is 0 Å². The number of rotatable bonds is 5. The molecule has 0 spiro atoms. The first kappa shape index (κ1) is 16.7. The van der Waals surface area contributed by atoms with E-state index in [2.05, 4.69) is 13.0 Å². The topological polar surface area (TPSA) is 70.4 Å². The number of hydrogen-bond donors (Lipinski definition) is 0. The molecule has 0 aromatic heterocycles. The summed E-state index contributed by atoms with van der Waals surface area (Å²) in [7, 11) is -3.25. The zero-order chi connectivity index (χ0) is 15.3. The SMILES string of the molecule is CC1CCCN(S(=O)(=O)CCOC2(C#N)CCCCC2)C1. The molecule has 6 heteroatoms. The van der Waals surface area contributed by atoms with E-state index in [4.69, 9.17) is 4.74 Å². The summed E-state index contributed by atoms with van der Waals surface area (Å²) in [6.07, 6.45) is 6.60. The summed E-state index contributed by atoms with van der Waals surface area (Å²) in [5, 5.41) is 9.32. The number of hydrogen-bond acceptors (Lipinski definition) is 4. The Bertz CT molecular complexity index is 478. The second-order valence-electron chi connectivity index (χ2n) is 6.44. The van der Waals surface area contributed by atoms with Gasteiger partial charge < -0.3 is 4.74 Å². The van der Waals surface area contributed by atoms with Crippen molar-refractivity contribution in [3.63, 3.8) is 0 Å². The average Bonchev–Trinajstić information content (AvgIpc) is 2.48. The smallest absolute Gasteiger partial charge is 0.216 e. The molecule has 1 aliphatic carbocycles. The normalized spacial score (nSPS) is 27.1. The van der Waals surface area contributed by atoms with Crippen molar-refractivity contribution < 1.29 is 13.2 Å². The van der Waals surface area contributed by atoms with E-state index in [-0.39, 0.29) is 12.4 Å². The minimum absolute atomic E-state index is 0.0108. The van der Waals surface area contributed by atoms with E-state index in [0.717, 1.165) is 44.9 Å². The van der Waals surface area contributed by atoms with Gasteiger partial charge in [-0.3, -0.25) is 0 Å². The molecule has 1 heterocycles. The van der Waals surface area contributed by atoms with E-state index in [9.17, 15) is 13.7 Å². The van der Waals surface area contributed by atoms with Crippen LogP contribution in [0.25, 0.3) is 0 Å². The van der Waals surface area contributed by atoms with Crippen molar-refractivity contribution in [3.8, 4) is 6.07 Å². The lowest BCUT2D eigenvalue weighted by Gasteiger charge is -2.32. The highest BCUT2D eigenvalue weighted by Crippen LogP contribution is 2.31. The molecule has 21 heavy (non-hydrogen) atoms. The Balaban J connectivity index is 1.85.